The van der Waals surface area contributed by atoms with Crippen LogP contribution in [0.1, 0.15) is 39.5 Å². The van der Waals surface area contributed by atoms with Gasteiger partial charge in [0.05, 0.1) is 24.4 Å². The van der Waals surface area contributed by atoms with Crippen LogP contribution in [-0.4, -0.2) is 61.8 Å². The molecule has 0 aromatic heterocycles. The molecule has 0 bridgehead atoms. The van der Waals surface area contributed by atoms with Gasteiger partial charge < -0.3 is 23.7 Å². The summed E-state index contributed by atoms with van der Waals surface area (Å²) >= 11 is 0. The quantitative estimate of drug-likeness (QED) is 0.436. The molecule has 3 saturated heterocycles. The second-order valence-corrected chi connectivity index (χ2v) is 6.40. The number of ether oxygens (including phenoxy) is 5. The first kappa shape index (κ1) is 16.7. The van der Waals surface area contributed by atoms with E-state index in [1.165, 1.54) is 13.8 Å². The lowest BCUT2D eigenvalue weighted by Gasteiger charge is -1.97. The molecule has 130 valence electrons. The van der Waals surface area contributed by atoms with Crippen LogP contribution < -0.4 is 0 Å². The van der Waals surface area contributed by atoms with Crippen LogP contribution >= 0.6 is 0 Å². The van der Waals surface area contributed by atoms with Gasteiger partial charge in [-0.1, -0.05) is 0 Å². The van der Waals surface area contributed by atoms with Gasteiger partial charge in [0.15, 0.2) is 0 Å². The normalized spacial score (nSPS) is 37.1. The Morgan fingerprint density at radius 3 is 1.30 bits per heavy atom. The van der Waals surface area contributed by atoms with Gasteiger partial charge in [-0.05, 0) is 25.7 Å². The number of hydrogen-bond acceptors (Lipinski definition) is 7. The second-order valence-electron chi connectivity index (χ2n) is 6.40. The number of carbonyl (C=O) groups is 2. The number of hydrogen-bond donors (Lipinski definition) is 0. The van der Waals surface area contributed by atoms with Gasteiger partial charge in [-0.3, -0.25) is 9.59 Å². The van der Waals surface area contributed by atoms with E-state index >= 15 is 0 Å². The van der Waals surface area contributed by atoms with Crippen molar-refractivity contribution in [2.45, 2.75) is 76.2 Å². The maximum Gasteiger partial charge on any atom is 0.302 e. The summed E-state index contributed by atoms with van der Waals surface area (Å²) in [5.74, 6) is -0.529. The Kier molecular flexibility index (Phi) is 5.18. The van der Waals surface area contributed by atoms with Crippen LogP contribution in [0, 0.1) is 0 Å². The first-order valence-electron chi connectivity index (χ1n) is 8.26. The first-order valence-corrected chi connectivity index (χ1v) is 8.26. The summed E-state index contributed by atoms with van der Waals surface area (Å²) in [5, 5.41) is 0. The minimum absolute atomic E-state index is 0.0676. The topological polar surface area (TPSA) is 90.2 Å². The van der Waals surface area contributed by atoms with Crippen molar-refractivity contribution in [2.75, 3.05) is 13.2 Å². The highest BCUT2D eigenvalue weighted by Gasteiger charge is 2.46. The average molecular weight is 328 g/mol. The van der Waals surface area contributed by atoms with Crippen LogP contribution in [0.15, 0.2) is 0 Å². The van der Waals surface area contributed by atoms with Crippen molar-refractivity contribution >= 4 is 11.9 Å². The predicted molar refractivity (Wildman–Crippen MR) is 77.7 cm³/mol. The zero-order chi connectivity index (χ0) is 16.4. The lowest BCUT2D eigenvalue weighted by molar-refractivity contribution is -0.142. The average Bonchev–Trinajstić information content (AvgIpc) is 3.37. The third-order valence-corrected chi connectivity index (χ3v) is 4.44. The zero-order valence-corrected chi connectivity index (χ0v) is 13.6. The lowest BCUT2D eigenvalue weighted by Crippen LogP contribution is -2.09. The molecule has 7 heteroatoms. The molecule has 3 rings (SSSR count). The molecule has 3 aliphatic rings. The summed E-state index contributed by atoms with van der Waals surface area (Å²) in [6, 6.07) is 0. The standard InChI is InChI=1S/C16H24O7/c1-9(17)19-7-15-13(22-15)5-3-11-12(21-11)4-6-14-16(23-14)8-20-10(2)18/h11-16H,3-8H2,1-2H3. The summed E-state index contributed by atoms with van der Waals surface area (Å²) in [6.45, 7) is 3.52. The molecule has 7 nitrogen and oxygen atoms in total. The molecule has 0 aromatic carbocycles. The second kappa shape index (κ2) is 7.15. The Morgan fingerprint density at radius 1 is 0.652 bits per heavy atom. The zero-order valence-electron chi connectivity index (χ0n) is 13.6. The Bertz CT molecular complexity index is 412. The molecule has 0 aromatic rings. The highest BCUT2D eigenvalue weighted by molar-refractivity contribution is 5.66. The first-order chi connectivity index (χ1) is 11.0. The number of epoxide rings is 3. The van der Waals surface area contributed by atoms with Gasteiger partial charge in [0.1, 0.15) is 25.4 Å². The van der Waals surface area contributed by atoms with E-state index in [1.54, 1.807) is 0 Å². The minimum atomic E-state index is -0.265. The van der Waals surface area contributed by atoms with Crippen molar-refractivity contribution in [3.63, 3.8) is 0 Å². The molecule has 0 amide bonds. The molecule has 6 unspecified atom stereocenters. The summed E-state index contributed by atoms with van der Waals surface area (Å²) < 4.78 is 26.4. The van der Waals surface area contributed by atoms with Crippen molar-refractivity contribution in [3.05, 3.63) is 0 Å². The van der Waals surface area contributed by atoms with Crippen LogP contribution in [0.3, 0.4) is 0 Å². The van der Waals surface area contributed by atoms with Crippen molar-refractivity contribution in [1.29, 1.82) is 0 Å². The Morgan fingerprint density at radius 2 is 0.957 bits per heavy atom. The van der Waals surface area contributed by atoms with E-state index in [9.17, 15) is 9.59 Å². The molecule has 0 N–H and O–H groups in total. The van der Waals surface area contributed by atoms with E-state index in [-0.39, 0.29) is 36.4 Å². The van der Waals surface area contributed by atoms with Gasteiger partial charge >= 0.3 is 11.9 Å². The molecule has 3 heterocycles. The molecule has 0 radical (unpaired) electrons. The summed E-state index contributed by atoms with van der Waals surface area (Å²) in [7, 11) is 0. The Hall–Kier alpha value is -1.18. The Labute approximate surface area is 135 Å². The molecule has 0 saturated carbocycles. The van der Waals surface area contributed by atoms with Gasteiger partial charge in [-0.25, -0.2) is 0 Å². The lowest BCUT2D eigenvalue weighted by atomic mass is 10.1. The van der Waals surface area contributed by atoms with Gasteiger partial charge in [0.2, 0.25) is 0 Å². The van der Waals surface area contributed by atoms with E-state index in [1.807, 2.05) is 0 Å². The SMILES string of the molecule is CC(=O)OCC1OC1CCC1OC1CCC1OC1COC(C)=O. The van der Waals surface area contributed by atoms with Gasteiger partial charge in [0.25, 0.3) is 0 Å². The third kappa shape index (κ3) is 5.44. The molecule has 3 aliphatic heterocycles. The van der Waals surface area contributed by atoms with E-state index in [4.69, 9.17) is 23.7 Å². The minimum Gasteiger partial charge on any atom is -0.463 e. The summed E-state index contributed by atoms with van der Waals surface area (Å²) in [4.78, 5) is 21.4. The number of esters is 2. The molecule has 6 atom stereocenters. The molecule has 3 fully saturated rings. The van der Waals surface area contributed by atoms with Gasteiger partial charge in [-0.15, -0.1) is 0 Å². The van der Waals surface area contributed by atoms with E-state index < -0.39 is 0 Å². The van der Waals surface area contributed by atoms with Crippen LogP contribution in [0.4, 0.5) is 0 Å². The van der Waals surface area contributed by atoms with Crippen LogP contribution in [0.5, 0.6) is 0 Å². The maximum absolute atomic E-state index is 10.7. The fourth-order valence-electron chi connectivity index (χ4n) is 2.90. The summed E-state index contributed by atoms with van der Waals surface area (Å²) in [5.41, 5.74) is 0. The van der Waals surface area contributed by atoms with Crippen LogP contribution in [0.2, 0.25) is 0 Å². The molecule has 0 spiro atoms. The van der Waals surface area contributed by atoms with E-state index in [0.29, 0.717) is 25.4 Å². The van der Waals surface area contributed by atoms with Crippen molar-refractivity contribution in [1.82, 2.24) is 0 Å². The van der Waals surface area contributed by atoms with E-state index in [0.717, 1.165) is 25.7 Å². The fourth-order valence-corrected chi connectivity index (χ4v) is 2.90. The molecule has 0 aliphatic carbocycles. The molecular weight excluding hydrogens is 304 g/mol. The van der Waals surface area contributed by atoms with Crippen molar-refractivity contribution in [2.24, 2.45) is 0 Å². The molecule has 23 heavy (non-hydrogen) atoms. The molecular formula is C16H24O7. The number of carbonyl (C=O) groups excluding carboxylic acids is 2. The Balaban J connectivity index is 1.17. The van der Waals surface area contributed by atoms with Crippen LogP contribution in [-0.2, 0) is 33.3 Å². The van der Waals surface area contributed by atoms with Crippen molar-refractivity contribution < 1.29 is 33.3 Å². The monoisotopic (exact) mass is 328 g/mol. The smallest absolute Gasteiger partial charge is 0.302 e. The highest BCUT2D eigenvalue weighted by Crippen LogP contribution is 2.37. The van der Waals surface area contributed by atoms with Gasteiger partial charge in [0, 0.05) is 13.8 Å². The number of rotatable bonds is 10. The van der Waals surface area contributed by atoms with Crippen LogP contribution in [0.25, 0.3) is 0 Å². The third-order valence-electron chi connectivity index (χ3n) is 4.44. The fraction of sp³-hybridized carbons (Fsp3) is 0.875. The predicted octanol–water partition coefficient (Wildman–Crippen LogP) is 0.975. The maximum atomic E-state index is 10.7. The van der Waals surface area contributed by atoms with Gasteiger partial charge in [-0.2, -0.15) is 0 Å². The van der Waals surface area contributed by atoms with E-state index in [2.05, 4.69) is 0 Å². The summed E-state index contributed by atoms with van der Waals surface area (Å²) in [6.07, 6.45) is 5.04. The largest absolute Gasteiger partial charge is 0.463 e. The highest BCUT2D eigenvalue weighted by atomic mass is 16.6. The van der Waals surface area contributed by atoms with Crippen molar-refractivity contribution in [3.8, 4) is 0 Å².